The molecule has 1 aliphatic rings. The van der Waals surface area contributed by atoms with E-state index in [0.717, 1.165) is 24.9 Å². The highest BCUT2D eigenvalue weighted by Crippen LogP contribution is 2.31. The molecule has 0 aromatic heterocycles. The van der Waals surface area contributed by atoms with Gasteiger partial charge in [0.2, 0.25) is 0 Å². The Hall–Kier alpha value is -1.51. The minimum atomic E-state index is -0.745. The summed E-state index contributed by atoms with van der Waals surface area (Å²) in [7, 11) is 0. The van der Waals surface area contributed by atoms with Gasteiger partial charge >= 0.3 is 5.97 Å². The van der Waals surface area contributed by atoms with Crippen molar-refractivity contribution in [3.8, 4) is 0 Å². The lowest BCUT2D eigenvalue weighted by Gasteiger charge is -2.32. The minimum absolute atomic E-state index is 0.291. The van der Waals surface area contributed by atoms with Crippen LogP contribution in [-0.2, 0) is 4.79 Å². The summed E-state index contributed by atoms with van der Waals surface area (Å²) in [6.45, 7) is 2.02. The number of nitrogens with one attached hydrogen (secondary N) is 1. The second kappa shape index (κ2) is 4.56. The molecule has 0 amide bonds. The highest BCUT2D eigenvalue weighted by atomic mass is 16.4. The van der Waals surface area contributed by atoms with E-state index in [0.29, 0.717) is 5.92 Å². The Morgan fingerprint density at radius 2 is 2.00 bits per heavy atom. The Morgan fingerprint density at radius 3 is 2.44 bits per heavy atom. The molecule has 1 unspecified atom stereocenters. The van der Waals surface area contributed by atoms with Crippen LogP contribution in [0.1, 0.15) is 24.8 Å². The molecule has 0 heterocycles. The number of aryl methyl sites for hydroxylation is 1. The summed E-state index contributed by atoms with van der Waals surface area (Å²) in [5.74, 6) is -0.455. The quantitative estimate of drug-likeness (QED) is 0.818. The molecule has 1 fully saturated rings. The van der Waals surface area contributed by atoms with Crippen LogP contribution in [0.2, 0.25) is 0 Å². The van der Waals surface area contributed by atoms with E-state index in [1.54, 1.807) is 0 Å². The van der Waals surface area contributed by atoms with Gasteiger partial charge in [-0.25, -0.2) is 4.79 Å². The molecule has 0 spiro atoms. The molecule has 3 nitrogen and oxygen atoms in total. The number of rotatable bonds is 4. The average molecular weight is 219 g/mol. The zero-order valence-corrected chi connectivity index (χ0v) is 9.44. The third-order valence-electron chi connectivity index (χ3n) is 3.26. The van der Waals surface area contributed by atoms with Gasteiger partial charge in [-0.15, -0.1) is 0 Å². The number of carbonyl (C=O) groups is 1. The van der Waals surface area contributed by atoms with E-state index in [1.165, 1.54) is 5.56 Å². The molecule has 1 aliphatic carbocycles. The van der Waals surface area contributed by atoms with Crippen LogP contribution in [0.4, 0.5) is 5.69 Å². The summed E-state index contributed by atoms with van der Waals surface area (Å²) in [5, 5.41) is 12.3. The first-order chi connectivity index (χ1) is 7.66. The van der Waals surface area contributed by atoms with E-state index in [9.17, 15) is 4.79 Å². The minimum Gasteiger partial charge on any atom is -0.480 e. The van der Waals surface area contributed by atoms with Crippen LogP contribution in [0, 0.1) is 12.8 Å². The SMILES string of the molecule is Cc1ccc(NC(C(=O)O)C2CCC2)cc1. The topological polar surface area (TPSA) is 49.3 Å². The Kier molecular flexibility index (Phi) is 3.13. The van der Waals surface area contributed by atoms with E-state index in [2.05, 4.69) is 5.32 Å². The highest BCUT2D eigenvalue weighted by Gasteiger charge is 2.32. The molecule has 2 rings (SSSR count). The van der Waals surface area contributed by atoms with Crippen LogP contribution in [0.25, 0.3) is 0 Å². The first kappa shape index (κ1) is 11.0. The van der Waals surface area contributed by atoms with Crippen LogP contribution < -0.4 is 5.32 Å². The Bertz CT molecular complexity index is 368. The third kappa shape index (κ3) is 2.35. The molecule has 16 heavy (non-hydrogen) atoms. The normalized spacial score (nSPS) is 17.6. The third-order valence-corrected chi connectivity index (χ3v) is 3.26. The monoisotopic (exact) mass is 219 g/mol. The van der Waals surface area contributed by atoms with Crippen LogP contribution in [-0.4, -0.2) is 17.1 Å². The van der Waals surface area contributed by atoms with Crippen LogP contribution in [0.15, 0.2) is 24.3 Å². The maximum Gasteiger partial charge on any atom is 0.326 e. The number of carboxylic acids is 1. The van der Waals surface area contributed by atoms with E-state index in [1.807, 2.05) is 31.2 Å². The zero-order valence-electron chi connectivity index (χ0n) is 9.44. The number of benzene rings is 1. The highest BCUT2D eigenvalue weighted by molar-refractivity contribution is 5.77. The largest absolute Gasteiger partial charge is 0.480 e. The van der Waals surface area contributed by atoms with Crippen molar-refractivity contribution in [3.05, 3.63) is 29.8 Å². The number of anilines is 1. The molecule has 2 N–H and O–H groups in total. The summed E-state index contributed by atoms with van der Waals surface area (Å²) in [4.78, 5) is 11.1. The fourth-order valence-corrected chi connectivity index (χ4v) is 1.98. The van der Waals surface area contributed by atoms with Crippen molar-refractivity contribution in [2.75, 3.05) is 5.32 Å². The van der Waals surface area contributed by atoms with E-state index >= 15 is 0 Å². The van der Waals surface area contributed by atoms with Gasteiger partial charge in [0.25, 0.3) is 0 Å². The van der Waals surface area contributed by atoms with E-state index < -0.39 is 12.0 Å². The van der Waals surface area contributed by atoms with Crippen molar-refractivity contribution in [3.63, 3.8) is 0 Å². The Morgan fingerprint density at radius 1 is 1.38 bits per heavy atom. The summed E-state index contributed by atoms with van der Waals surface area (Å²) < 4.78 is 0. The fraction of sp³-hybridized carbons (Fsp3) is 0.462. The molecule has 1 aromatic rings. The summed E-state index contributed by atoms with van der Waals surface area (Å²) in [6, 6.07) is 7.41. The second-order valence-electron chi connectivity index (χ2n) is 4.52. The maximum atomic E-state index is 11.1. The average Bonchev–Trinajstić information content (AvgIpc) is 2.17. The molecule has 1 atom stereocenters. The summed E-state index contributed by atoms with van der Waals surface area (Å²) in [6.07, 6.45) is 3.20. The summed E-state index contributed by atoms with van der Waals surface area (Å²) in [5.41, 5.74) is 2.07. The van der Waals surface area contributed by atoms with Gasteiger partial charge in [-0.05, 0) is 37.8 Å². The van der Waals surface area contributed by atoms with Crippen molar-refractivity contribution < 1.29 is 9.90 Å². The van der Waals surface area contributed by atoms with Crippen molar-refractivity contribution in [1.82, 2.24) is 0 Å². The van der Waals surface area contributed by atoms with Gasteiger partial charge in [-0.2, -0.15) is 0 Å². The Balaban J connectivity index is 2.04. The first-order valence-electron chi connectivity index (χ1n) is 5.73. The lowest BCUT2D eigenvalue weighted by atomic mass is 9.79. The van der Waals surface area contributed by atoms with Crippen LogP contribution in [0.3, 0.4) is 0 Å². The van der Waals surface area contributed by atoms with Crippen molar-refractivity contribution in [2.45, 2.75) is 32.2 Å². The molecule has 1 aromatic carbocycles. The zero-order chi connectivity index (χ0) is 11.5. The van der Waals surface area contributed by atoms with E-state index in [-0.39, 0.29) is 0 Å². The van der Waals surface area contributed by atoms with Crippen LogP contribution >= 0.6 is 0 Å². The number of carboxylic acid groups (broad SMARTS) is 1. The molecule has 0 radical (unpaired) electrons. The van der Waals surface area contributed by atoms with Gasteiger partial charge in [0.05, 0.1) is 0 Å². The smallest absolute Gasteiger partial charge is 0.326 e. The van der Waals surface area contributed by atoms with Crippen molar-refractivity contribution in [1.29, 1.82) is 0 Å². The maximum absolute atomic E-state index is 11.1. The molecule has 1 saturated carbocycles. The molecule has 3 heteroatoms. The molecule has 0 bridgehead atoms. The van der Waals surface area contributed by atoms with Crippen LogP contribution in [0.5, 0.6) is 0 Å². The molecular formula is C13H17NO2. The predicted molar refractivity (Wildman–Crippen MR) is 63.6 cm³/mol. The van der Waals surface area contributed by atoms with Gasteiger partial charge < -0.3 is 10.4 Å². The van der Waals surface area contributed by atoms with Gasteiger partial charge in [0, 0.05) is 5.69 Å². The summed E-state index contributed by atoms with van der Waals surface area (Å²) >= 11 is 0. The van der Waals surface area contributed by atoms with Gasteiger partial charge in [-0.1, -0.05) is 24.1 Å². The first-order valence-corrected chi connectivity index (χ1v) is 5.73. The predicted octanol–water partition coefficient (Wildman–Crippen LogP) is 2.66. The lowest BCUT2D eigenvalue weighted by Crippen LogP contribution is -2.40. The molecule has 0 saturated heterocycles. The van der Waals surface area contributed by atoms with E-state index in [4.69, 9.17) is 5.11 Å². The number of aliphatic carboxylic acids is 1. The van der Waals surface area contributed by atoms with Gasteiger partial charge in [0.15, 0.2) is 0 Å². The molecular weight excluding hydrogens is 202 g/mol. The van der Waals surface area contributed by atoms with Gasteiger partial charge in [0.1, 0.15) is 6.04 Å². The van der Waals surface area contributed by atoms with Crippen molar-refractivity contribution >= 4 is 11.7 Å². The Labute approximate surface area is 95.5 Å². The standard InChI is InChI=1S/C13H17NO2/c1-9-5-7-11(8-6-9)14-12(13(15)16)10-3-2-4-10/h5-8,10,12,14H,2-4H2,1H3,(H,15,16). The fourth-order valence-electron chi connectivity index (χ4n) is 1.98. The van der Waals surface area contributed by atoms with Crippen molar-refractivity contribution in [2.24, 2.45) is 5.92 Å². The number of hydrogen-bond donors (Lipinski definition) is 2. The molecule has 0 aliphatic heterocycles. The second-order valence-corrected chi connectivity index (χ2v) is 4.52. The lowest BCUT2D eigenvalue weighted by molar-refractivity contribution is -0.139. The molecule has 86 valence electrons. The van der Waals surface area contributed by atoms with Gasteiger partial charge in [-0.3, -0.25) is 0 Å². The number of hydrogen-bond acceptors (Lipinski definition) is 2.